The van der Waals surface area contributed by atoms with Gasteiger partial charge in [0, 0.05) is 19.0 Å². The van der Waals surface area contributed by atoms with Gasteiger partial charge in [-0.3, -0.25) is 19.9 Å². The van der Waals surface area contributed by atoms with Crippen LogP contribution in [-0.2, 0) is 13.6 Å². The van der Waals surface area contributed by atoms with E-state index in [1.54, 1.807) is 10.1 Å². The van der Waals surface area contributed by atoms with Crippen molar-refractivity contribution in [3.8, 4) is 23.5 Å². The fourth-order valence-electron chi connectivity index (χ4n) is 3.11. The molecule has 2 aromatic heterocycles. The summed E-state index contributed by atoms with van der Waals surface area (Å²) in [6.45, 7) is 0.356. The number of carbonyl (C=O) groups is 1. The summed E-state index contributed by atoms with van der Waals surface area (Å²) in [5.74, 6) is 2.85. The first-order valence-corrected chi connectivity index (χ1v) is 9.67. The number of anilines is 1. The van der Waals surface area contributed by atoms with Crippen LogP contribution in [-0.4, -0.2) is 20.8 Å². The van der Waals surface area contributed by atoms with Gasteiger partial charge in [-0.2, -0.15) is 0 Å². The molecule has 8 heteroatoms. The number of aromatic nitrogens is 3. The number of aryl methyl sites for hydroxylation is 1. The van der Waals surface area contributed by atoms with Crippen LogP contribution in [0.1, 0.15) is 10.6 Å². The summed E-state index contributed by atoms with van der Waals surface area (Å²) in [6.07, 6.45) is 5.27. The number of carbonyl (C=O) groups excluding carboxylic acids is 1. The molecule has 0 aliphatic rings. The molecule has 7 nitrogen and oxygen atoms in total. The summed E-state index contributed by atoms with van der Waals surface area (Å²) >= 11 is 1.29. The first-order valence-electron chi connectivity index (χ1n) is 8.79. The lowest BCUT2D eigenvalue weighted by atomic mass is 10.0. The third-order valence-electron chi connectivity index (χ3n) is 4.49. The number of rotatable bonds is 4. The molecule has 2 heterocycles. The van der Waals surface area contributed by atoms with Crippen LogP contribution in [0.3, 0.4) is 0 Å². The molecular weight excluding hydrogens is 386 g/mol. The molecule has 0 saturated carbocycles. The Kier molecular flexibility index (Phi) is 4.89. The van der Waals surface area contributed by atoms with Crippen LogP contribution in [0.5, 0.6) is 0 Å². The van der Waals surface area contributed by atoms with E-state index in [2.05, 4.69) is 26.6 Å². The predicted molar refractivity (Wildman–Crippen MR) is 115 cm³/mol. The van der Waals surface area contributed by atoms with Gasteiger partial charge in [0.25, 0.3) is 5.56 Å². The van der Waals surface area contributed by atoms with Crippen molar-refractivity contribution in [2.75, 3.05) is 5.32 Å². The van der Waals surface area contributed by atoms with E-state index in [0.717, 1.165) is 22.2 Å². The summed E-state index contributed by atoms with van der Waals surface area (Å²) in [5.41, 5.74) is 3.47. The first kappa shape index (κ1) is 18.5. The number of nitrogens with one attached hydrogen (secondary N) is 3. The molecule has 0 bridgehead atoms. The minimum Gasteiger partial charge on any atom is -0.334 e. The maximum Gasteiger partial charge on any atom is 0.320 e. The number of thiazole rings is 1. The normalized spacial score (nSPS) is 10.6. The zero-order valence-electron chi connectivity index (χ0n) is 15.5. The number of hydrogen-bond donors (Lipinski definition) is 3. The molecule has 0 unspecified atom stereocenters. The Morgan fingerprint density at radius 2 is 2.07 bits per heavy atom. The van der Waals surface area contributed by atoms with Crippen LogP contribution >= 0.6 is 11.3 Å². The number of hydrogen-bond acceptors (Lipinski definition) is 4. The van der Waals surface area contributed by atoms with Crippen molar-refractivity contribution in [2.24, 2.45) is 7.05 Å². The summed E-state index contributed by atoms with van der Waals surface area (Å²) < 4.78 is 1.72. The van der Waals surface area contributed by atoms with Crippen LogP contribution in [0, 0.1) is 12.3 Å². The van der Waals surface area contributed by atoms with Crippen molar-refractivity contribution in [1.82, 2.24) is 20.1 Å². The van der Waals surface area contributed by atoms with Gasteiger partial charge in [0.1, 0.15) is 5.82 Å². The second-order valence-electron chi connectivity index (χ2n) is 6.39. The molecule has 0 radical (unpaired) electrons. The van der Waals surface area contributed by atoms with E-state index in [1.165, 1.54) is 11.3 Å². The minimum absolute atomic E-state index is 0.115. The summed E-state index contributed by atoms with van der Waals surface area (Å²) in [7, 11) is 1.81. The molecule has 3 N–H and O–H groups in total. The van der Waals surface area contributed by atoms with Crippen molar-refractivity contribution in [2.45, 2.75) is 6.54 Å². The Morgan fingerprint density at radius 3 is 2.79 bits per heavy atom. The van der Waals surface area contributed by atoms with E-state index in [9.17, 15) is 9.59 Å². The predicted octanol–water partition coefficient (Wildman–Crippen LogP) is 3.29. The molecular formula is C21H17N5O2S. The number of H-pyrrole nitrogens is 1. The molecule has 144 valence electrons. The van der Waals surface area contributed by atoms with Crippen LogP contribution in [0.25, 0.3) is 22.0 Å². The highest BCUT2D eigenvalue weighted by atomic mass is 32.1. The van der Waals surface area contributed by atoms with Crippen LogP contribution in [0.2, 0.25) is 0 Å². The van der Waals surface area contributed by atoms with Gasteiger partial charge in [0.15, 0.2) is 5.01 Å². The summed E-state index contributed by atoms with van der Waals surface area (Å²) in [6, 6.07) is 13.1. The first-order chi connectivity index (χ1) is 14.0. The highest BCUT2D eigenvalue weighted by Gasteiger charge is 2.11. The number of aromatic amines is 1. The average molecular weight is 403 g/mol. The van der Waals surface area contributed by atoms with E-state index in [-0.39, 0.29) is 11.6 Å². The number of fused-ring (bicyclic) bond motifs is 1. The Balaban J connectivity index is 1.45. The maximum atomic E-state index is 12.3. The monoisotopic (exact) mass is 403 g/mol. The maximum absolute atomic E-state index is 12.3. The third-order valence-corrected chi connectivity index (χ3v) is 5.26. The molecule has 2 aromatic carbocycles. The van der Waals surface area contributed by atoms with Crippen molar-refractivity contribution >= 4 is 34.1 Å². The zero-order valence-corrected chi connectivity index (χ0v) is 16.3. The number of terminal acetylenes is 1. The largest absolute Gasteiger partial charge is 0.334 e. The van der Waals surface area contributed by atoms with Gasteiger partial charge in [0.05, 0.1) is 10.9 Å². The van der Waals surface area contributed by atoms with Crippen LogP contribution < -0.4 is 16.2 Å². The lowest BCUT2D eigenvalue weighted by Gasteiger charge is -2.08. The standard InChI is InChI=1S/C21H17N5O2S/c1-3-18-23-17(12-29-18)24-21(28)22-11-13-7-9-14(10-8-13)15-5-4-6-16-19(15)20(27)25-26(16)2/h1,4-10,12H,11H2,2H3,(H,25,27)(H2,22,24,28). The Hall–Kier alpha value is -3.83. The molecule has 0 atom stereocenters. The molecule has 4 rings (SSSR count). The summed E-state index contributed by atoms with van der Waals surface area (Å²) in [4.78, 5) is 28.4. The van der Waals surface area contributed by atoms with Gasteiger partial charge in [-0.15, -0.1) is 17.8 Å². The molecule has 0 spiro atoms. The second-order valence-corrected chi connectivity index (χ2v) is 7.24. The highest BCUT2D eigenvalue weighted by molar-refractivity contribution is 7.10. The fraction of sp³-hybridized carbons (Fsp3) is 0.0952. The molecule has 2 amide bonds. The van der Waals surface area contributed by atoms with Crippen molar-refractivity contribution in [1.29, 1.82) is 0 Å². The van der Waals surface area contributed by atoms with Crippen LogP contribution in [0.15, 0.2) is 52.6 Å². The van der Waals surface area contributed by atoms with Crippen molar-refractivity contribution < 1.29 is 4.79 Å². The van der Waals surface area contributed by atoms with Gasteiger partial charge in [-0.1, -0.05) is 36.4 Å². The molecule has 4 aromatic rings. The smallest absolute Gasteiger partial charge is 0.320 e. The van der Waals surface area contributed by atoms with E-state index in [0.29, 0.717) is 22.8 Å². The Labute approximate surface area is 170 Å². The quantitative estimate of drug-likeness (QED) is 0.457. The topological polar surface area (TPSA) is 91.8 Å². The van der Waals surface area contributed by atoms with Crippen LogP contribution in [0.4, 0.5) is 10.6 Å². The van der Waals surface area contributed by atoms with Gasteiger partial charge in [0.2, 0.25) is 0 Å². The van der Waals surface area contributed by atoms with E-state index in [4.69, 9.17) is 6.42 Å². The van der Waals surface area contributed by atoms with Gasteiger partial charge < -0.3 is 5.32 Å². The Morgan fingerprint density at radius 1 is 1.28 bits per heavy atom. The summed E-state index contributed by atoms with van der Waals surface area (Å²) in [5, 5.41) is 11.1. The van der Waals surface area contributed by atoms with Crippen molar-refractivity contribution in [3.05, 3.63) is 68.8 Å². The number of nitrogens with zero attached hydrogens (tertiary/aromatic N) is 2. The SMILES string of the molecule is C#Cc1nc(NC(=O)NCc2ccc(-c3cccc4c3c(=O)[nH]n4C)cc2)cs1. The molecule has 0 saturated heterocycles. The molecule has 0 aliphatic heterocycles. The van der Waals surface area contributed by atoms with E-state index >= 15 is 0 Å². The minimum atomic E-state index is -0.358. The third kappa shape index (κ3) is 3.77. The van der Waals surface area contributed by atoms with Gasteiger partial charge in [-0.05, 0) is 28.7 Å². The zero-order chi connectivity index (χ0) is 20.4. The molecule has 29 heavy (non-hydrogen) atoms. The van der Waals surface area contributed by atoms with Crippen molar-refractivity contribution in [3.63, 3.8) is 0 Å². The van der Waals surface area contributed by atoms with Gasteiger partial charge in [-0.25, -0.2) is 9.78 Å². The lowest BCUT2D eigenvalue weighted by Crippen LogP contribution is -2.28. The highest BCUT2D eigenvalue weighted by Crippen LogP contribution is 2.26. The number of amides is 2. The Bertz CT molecular complexity index is 1290. The molecule has 0 aliphatic carbocycles. The fourth-order valence-corrected chi connectivity index (χ4v) is 3.66. The number of urea groups is 1. The lowest BCUT2D eigenvalue weighted by molar-refractivity contribution is 0.251. The average Bonchev–Trinajstić information content (AvgIpc) is 3.30. The van der Waals surface area contributed by atoms with Gasteiger partial charge >= 0.3 is 6.03 Å². The van der Waals surface area contributed by atoms with E-state index in [1.807, 2.05) is 49.5 Å². The number of benzene rings is 2. The van der Waals surface area contributed by atoms with E-state index < -0.39 is 0 Å². The second kappa shape index (κ2) is 7.66. The molecule has 0 fully saturated rings.